The second-order valence-electron chi connectivity index (χ2n) is 7.70. The van der Waals surface area contributed by atoms with Crippen molar-refractivity contribution in [3.63, 3.8) is 0 Å². The number of hydrogen-bond donors (Lipinski definition) is 0. The second-order valence-corrected chi connectivity index (χ2v) is 8.14. The molecule has 0 spiro atoms. The van der Waals surface area contributed by atoms with Crippen molar-refractivity contribution in [1.29, 1.82) is 0 Å². The molecule has 0 N–H and O–H groups in total. The van der Waals surface area contributed by atoms with Crippen LogP contribution in [-0.4, -0.2) is 18.5 Å². The summed E-state index contributed by atoms with van der Waals surface area (Å²) in [7, 11) is 0. The Hall–Kier alpha value is -3.83. The normalized spacial score (nSPS) is 14.6. The first-order valence-corrected chi connectivity index (χ1v) is 11.3. The smallest absolute Gasteiger partial charge is 0.340 e. The number of benzene rings is 3. The first-order chi connectivity index (χ1) is 16.5. The minimum Gasteiger partial charge on any atom is -0.489 e. The van der Waals surface area contributed by atoms with Crippen LogP contribution in [0.4, 0.5) is 5.69 Å². The molecule has 3 aromatic carbocycles. The monoisotopic (exact) mass is 473 g/mol. The number of carbonyl (C=O) groups is 2. The minimum absolute atomic E-state index is 0.214. The summed E-state index contributed by atoms with van der Waals surface area (Å²) >= 11 is 6.01. The van der Waals surface area contributed by atoms with Crippen LogP contribution < -0.4 is 9.64 Å². The minimum atomic E-state index is -0.529. The van der Waals surface area contributed by atoms with Crippen molar-refractivity contribution < 1.29 is 19.1 Å². The number of carbonyl (C=O) groups excluding carboxylic acids is 2. The molecule has 6 heteroatoms. The van der Waals surface area contributed by atoms with Crippen LogP contribution in [0.5, 0.6) is 5.75 Å². The highest BCUT2D eigenvalue weighted by Crippen LogP contribution is 2.36. The van der Waals surface area contributed by atoms with Crippen LogP contribution in [0, 0.1) is 0 Å². The fourth-order valence-electron chi connectivity index (χ4n) is 3.75. The molecule has 3 aromatic rings. The molecular formula is C28H24ClNO4. The maximum Gasteiger partial charge on any atom is 0.340 e. The van der Waals surface area contributed by atoms with Crippen molar-refractivity contribution in [1.82, 2.24) is 0 Å². The summed E-state index contributed by atoms with van der Waals surface area (Å²) in [5.41, 5.74) is 3.52. The van der Waals surface area contributed by atoms with Gasteiger partial charge in [0.15, 0.2) is 0 Å². The molecule has 1 aliphatic rings. The zero-order valence-electron chi connectivity index (χ0n) is 19.0. The first kappa shape index (κ1) is 23.3. The molecular weight excluding hydrogens is 450 g/mol. The Kier molecular flexibility index (Phi) is 7.14. The number of halogens is 1. The Labute approximate surface area is 203 Å². The van der Waals surface area contributed by atoms with Gasteiger partial charge in [-0.3, -0.25) is 9.69 Å². The average Bonchev–Trinajstić information content (AvgIpc) is 3.09. The van der Waals surface area contributed by atoms with E-state index in [1.54, 1.807) is 44.2 Å². The Morgan fingerprint density at radius 2 is 1.65 bits per heavy atom. The van der Waals surface area contributed by atoms with E-state index >= 15 is 0 Å². The Bertz CT molecular complexity index is 1250. The molecule has 0 atom stereocenters. The van der Waals surface area contributed by atoms with E-state index in [0.717, 1.165) is 11.1 Å². The van der Waals surface area contributed by atoms with Crippen molar-refractivity contribution in [2.75, 3.05) is 11.5 Å². The molecule has 5 nitrogen and oxygen atoms in total. The third kappa shape index (κ3) is 5.05. The Balaban J connectivity index is 1.61. The van der Waals surface area contributed by atoms with Crippen LogP contribution in [-0.2, 0) is 20.9 Å². The summed E-state index contributed by atoms with van der Waals surface area (Å²) in [5.74, 6) is -0.116. The van der Waals surface area contributed by atoms with E-state index in [4.69, 9.17) is 21.1 Å². The summed E-state index contributed by atoms with van der Waals surface area (Å²) in [6.45, 7) is 4.15. The lowest BCUT2D eigenvalue weighted by Gasteiger charge is -2.18. The highest BCUT2D eigenvalue weighted by atomic mass is 35.5. The lowest BCUT2D eigenvalue weighted by Crippen LogP contribution is -2.24. The van der Waals surface area contributed by atoms with Gasteiger partial charge in [0, 0.05) is 16.4 Å². The quantitative estimate of drug-likeness (QED) is 0.303. The Morgan fingerprint density at radius 1 is 0.971 bits per heavy atom. The molecule has 1 amide bonds. The van der Waals surface area contributed by atoms with Crippen molar-refractivity contribution in [2.45, 2.75) is 20.5 Å². The molecule has 4 rings (SSSR count). The summed E-state index contributed by atoms with van der Waals surface area (Å²) in [6, 6.07) is 24.2. The number of esters is 1. The van der Waals surface area contributed by atoms with E-state index in [1.165, 1.54) is 4.90 Å². The van der Waals surface area contributed by atoms with Gasteiger partial charge in [0.25, 0.3) is 5.91 Å². The summed E-state index contributed by atoms with van der Waals surface area (Å²) in [6.07, 6.45) is 1.70. The summed E-state index contributed by atoms with van der Waals surface area (Å²) in [4.78, 5) is 27.7. The molecule has 0 unspecified atom stereocenters. The highest BCUT2D eigenvalue weighted by Gasteiger charge is 2.38. The van der Waals surface area contributed by atoms with Crippen LogP contribution in [0.1, 0.15) is 25.0 Å². The van der Waals surface area contributed by atoms with Gasteiger partial charge in [0.1, 0.15) is 12.4 Å². The molecule has 0 aromatic heterocycles. The van der Waals surface area contributed by atoms with Gasteiger partial charge >= 0.3 is 5.97 Å². The third-order valence-corrected chi connectivity index (χ3v) is 5.66. The van der Waals surface area contributed by atoms with Crippen LogP contribution in [0.3, 0.4) is 0 Å². The molecule has 0 saturated carbocycles. The molecule has 1 aliphatic heterocycles. The van der Waals surface area contributed by atoms with Crippen molar-refractivity contribution >= 4 is 35.2 Å². The summed E-state index contributed by atoms with van der Waals surface area (Å²) in [5, 5.41) is 0.563. The number of allylic oxidation sites excluding steroid dienone is 1. The maximum absolute atomic E-state index is 13.4. The topological polar surface area (TPSA) is 55.8 Å². The largest absolute Gasteiger partial charge is 0.489 e. The number of amides is 1. The van der Waals surface area contributed by atoms with Gasteiger partial charge in [-0.15, -0.1) is 0 Å². The van der Waals surface area contributed by atoms with Crippen molar-refractivity contribution in [2.24, 2.45) is 0 Å². The van der Waals surface area contributed by atoms with Gasteiger partial charge < -0.3 is 9.47 Å². The highest BCUT2D eigenvalue weighted by molar-refractivity contribution is 6.30. The van der Waals surface area contributed by atoms with Crippen molar-refractivity contribution in [3.8, 4) is 5.75 Å². The van der Waals surface area contributed by atoms with E-state index in [0.29, 0.717) is 28.8 Å². The zero-order valence-corrected chi connectivity index (χ0v) is 19.7. The van der Waals surface area contributed by atoms with Crippen LogP contribution >= 0.6 is 11.6 Å². The SMILES string of the molecule is CCOC(=O)C1=C(C)N(c2ccc(Cl)cc2)C(=O)/C1=C\c1ccc(OCc2ccccc2)cc1. The second kappa shape index (κ2) is 10.4. The number of ether oxygens (including phenoxy) is 2. The zero-order chi connectivity index (χ0) is 24.1. The van der Waals surface area contributed by atoms with Gasteiger partial charge in [-0.25, -0.2) is 4.79 Å². The molecule has 0 fully saturated rings. The van der Waals surface area contributed by atoms with E-state index in [9.17, 15) is 9.59 Å². The maximum atomic E-state index is 13.4. The lowest BCUT2D eigenvalue weighted by atomic mass is 10.0. The number of nitrogens with zero attached hydrogens (tertiary/aromatic N) is 1. The fraction of sp³-hybridized carbons (Fsp3) is 0.143. The molecule has 34 heavy (non-hydrogen) atoms. The van der Waals surface area contributed by atoms with Gasteiger partial charge in [0.2, 0.25) is 0 Å². The molecule has 0 bridgehead atoms. The van der Waals surface area contributed by atoms with Crippen LogP contribution in [0.25, 0.3) is 6.08 Å². The summed E-state index contributed by atoms with van der Waals surface area (Å²) < 4.78 is 11.1. The van der Waals surface area contributed by atoms with Crippen LogP contribution in [0.2, 0.25) is 5.02 Å². The predicted molar refractivity (Wildman–Crippen MR) is 133 cm³/mol. The molecule has 0 saturated heterocycles. The molecule has 0 aliphatic carbocycles. The standard InChI is InChI=1S/C28H24ClNO4/c1-3-33-28(32)26-19(2)30(23-13-11-22(29)12-14-23)27(31)25(26)17-20-9-15-24(16-10-20)34-18-21-7-5-4-6-8-21/h4-17H,3,18H2,1-2H3/b25-17-. The van der Waals surface area contributed by atoms with Gasteiger partial charge in [0.05, 0.1) is 17.8 Å². The Morgan fingerprint density at radius 3 is 2.29 bits per heavy atom. The van der Waals surface area contributed by atoms with E-state index in [1.807, 2.05) is 54.6 Å². The number of anilines is 1. The number of rotatable bonds is 7. The fourth-order valence-corrected chi connectivity index (χ4v) is 3.88. The molecule has 0 radical (unpaired) electrons. The lowest BCUT2D eigenvalue weighted by molar-refractivity contribution is -0.138. The van der Waals surface area contributed by atoms with E-state index < -0.39 is 5.97 Å². The van der Waals surface area contributed by atoms with E-state index in [-0.39, 0.29) is 23.7 Å². The molecule has 172 valence electrons. The van der Waals surface area contributed by atoms with Crippen molar-refractivity contribution in [3.05, 3.63) is 112 Å². The third-order valence-electron chi connectivity index (χ3n) is 5.40. The number of hydrogen-bond acceptors (Lipinski definition) is 4. The van der Waals surface area contributed by atoms with Crippen LogP contribution in [0.15, 0.2) is 95.7 Å². The predicted octanol–water partition coefficient (Wildman–Crippen LogP) is 6.19. The average molecular weight is 474 g/mol. The van der Waals surface area contributed by atoms with E-state index in [2.05, 4.69) is 0 Å². The van der Waals surface area contributed by atoms with Gasteiger partial charge in [-0.1, -0.05) is 54.1 Å². The van der Waals surface area contributed by atoms with Gasteiger partial charge in [-0.2, -0.15) is 0 Å². The first-order valence-electron chi connectivity index (χ1n) is 10.9. The molecule has 1 heterocycles. The van der Waals surface area contributed by atoms with Gasteiger partial charge in [-0.05, 0) is 67.4 Å².